The fourth-order valence-electron chi connectivity index (χ4n) is 2.33. The molecule has 0 saturated carbocycles. The van der Waals surface area contributed by atoms with Crippen molar-refractivity contribution in [1.29, 1.82) is 0 Å². The number of aryl methyl sites for hydroxylation is 1. The predicted octanol–water partition coefficient (Wildman–Crippen LogP) is 4.37. The summed E-state index contributed by atoms with van der Waals surface area (Å²) >= 11 is 0. The van der Waals surface area contributed by atoms with E-state index in [1.165, 1.54) is 0 Å². The van der Waals surface area contributed by atoms with Crippen LogP contribution in [0, 0.1) is 6.92 Å². The van der Waals surface area contributed by atoms with Gasteiger partial charge in [-0.3, -0.25) is 0 Å². The van der Waals surface area contributed by atoms with Gasteiger partial charge in [0.25, 0.3) is 0 Å². The molecule has 0 atom stereocenters. The van der Waals surface area contributed by atoms with E-state index in [2.05, 4.69) is 20.6 Å². The molecule has 3 aromatic rings. The summed E-state index contributed by atoms with van der Waals surface area (Å²) < 4.78 is 10.6. The van der Waals surface area contributed by atoms with Crippen molar-refractivity contribution in [2.45, 2.75) is 13.5 Å². The van der Waals surface area contributed by atoms with Gasteiger partial charge in [0.1, 0.15) is 5.75 Å². The smallest absolute Gasteiger partial charge is 0.323 e. The van der Waals surface area contributed by atoms with Crippen LogP contribution in [-0.2, 0) is 11.3 Å². The van der Waals surface area contributed by atoms with Crippen molar-refractivity contribution in [3.8, 4) is 11.8 Å². The van der Waals surface area contributed by atoms with Crippen LogP contribution in [0.25, 0.3) is 0 Å². The van der Waals surface area contributed by atoms with Gasteiger partial charge in [-0.25, -0.2) is 14.8 Å². The maximum atomic E-state index is 12.1. The minimum absolute atomic E-state index is 0.283. The van der Waals surface area contributed by atoms with Gasteiger partial charge in [0.15, 0.2) is 0 Å². The lowest BCUT2D eigenvalue weighted by Gasteiger charge is -2.09. The van der Waals surface area contributed by atoms with Crippen LogP contribution in [0.3, 0.4) is 0 Å². The molecule has 2 amide bonds. The molecule has 2 N–H and O–H groups in total. The zero-order chi connectivity index (χ0) is 19.1. The Bertz CT molecular complexity index is 896. The molecule has 0 radical (unpaired) electrons. The minimum Gasteiger partial charge on any atom is -0.424 e. The Labute approximate surface area is 157 Å². The molecule has 0 unspecified atom stereocenters. The number of hydrogen-bond donors (Lipinski definition) is 2. The molecule has 0 spiro atoms. The lowest BCUT2D eigenvalue weighted by atomic mass is 10.2. The van der Waals surface area contributed by atoms with Crippen LogP contribution >= 0.6 is 0 Å². The summed E-state index contributed by atoms with van der Waals surface area (Å²) in [7, 11) is 1.64. The molecule has 1 aromatic heterocycles. The molecule has 7 nitrogen and oxygen atoms in total. The van der Waals surface area contributed by atoms with E-state index in [1.807, 2.05) is 31.2 Å². The average molecular weight is 364 g/mol. The molecular formula is C20H20N4O3. The van der Waals surface area contributed by atoms with Gasteiger partial charge >= 0.3 is 12.0 Å². The van der Waals surface area contributed by atoms with Crippen LogP contribution in [0.4, 0.5) is 16.2 Å². The Morgan fingerprint density at radius 1 is 0.963 bits per heavy atom. The zero-order valence-corrected chi connectivity index (χ0v) is 15.1. The molecule has 3 rings (SSSR count). The number of aromatic nitrogens is 2. The Morgan fingerprint density at radius 3 is 2.19 bits per heavy atom. The summed E-state index contributed by atoms with van der Waals surface area (Å²) in [4.78, 5) is 20.3. The van der Waals surface area contributed by atoms with Crippen LogP contribution in [0.15, 0.2) is 60.8 Å². The zero-order valence-electron chi connectivity index (χ0n) is 15.1. The number of benzene rings is 2. The second kappa shape index (κ2) is 8.77. The maximum Gasteiger partial charge on any atom is 0.323 e. The molecule has 0 aliphatic heterocycles. The normalized spacial score (nSPS) is 10.3. The fraction of sp³-hybridized carbons (Fsp3) is 0.150. The van der Waals surface area contributed by atoms with Crippen molar-refractivity contribution in [3.05, 3.63) is 72.1 Å². The maximum absolute atomic E-state index is 12.1. The first-order chi connectivity index (χ1) is 13.1. The monoisotopic (exact) mass is 364 g/mol. The predicted molar refractivity (Wildman–Crippen MR) is 103 cm³/mol. The van der Waals surface area contributed by atoms with Crippen molar-refractivity contribution in [2.75, 3.05) is 17.7 Å². The fourth-order valence-corrected chi connectivity index (χ4v) is 2.33. The number of amides is 2. The SMILES string of the molecule is COCc1ccc(NC(=O)Nc2ccc(Oc3nccc(C)n3)cc2)cc1. The minimum atomic E-state index is -0.329. The second-order valence-electron chi connectivity index (χ2n) is 5.82. The van der Waals surface area contributed by atoms with Gasteiger partial charge in [0, 0.05) is 30.4 Å². The molecule has 138 valence electrons. The van der Waals surface area contributed by atoms with Crippen LogP contribution in [0.1, 0.15) is 11.3 Å². The van der Waals surface area contributed by atoms with Crippen molar-refractivity contribution in [3.63, 3.8) is 0 Å². The molecule has 0 fully saturated rings. The van der Waals surface area contributed by atoms with E-state index in [4.69, 9.17) is 9.47 Å². The number of nitrogens with one attached hydrogen (secondary N) is 2. The van der Waals surface area contributed by atoms with Crippen molar-refractivity contribution >= 4 is 17.4 Å². The first kappa shape index (κ1) is 18.3. The van der Waals surface area contributed by atoms with Gasteiger partial charge in [0.2, 0.25) is 0 Å². The summed E-state index contributed by atoms with van der Waals surface area (Å²) in [6.45, 7) is 2.40. The van der Waals surface area contributed by atoms with Gasteiger partial charge in [-0.1, -0.05) is 12.1 Å². The van der Waals surface area contributed by atoms with Gasteiger partial charge in [0.05, 0.1) is 6.61 Å². The third kappa shape index (κ3) is 5.52. The summed E-state index contributed by atoms with van der Waals surface area (Å²) in [6, 6.07) is 16.2. The number of anilines is 2. The van der Waals surface area contributed by atoms with Gasteiger partial charge in [-0.05, 0) is 55.0 Å². The third-order valence-electron chi connectivity index (χ3n) is 3.62. The van der Waals surface area contributed by atoms with Gasteiger partial charge < -0.3 is 20.1 Å². The first-order valence-electron chi connectivity index (χ1n) is 8.36. The Balaban J connectivity index is 1.55. The molecule has 27 heavy (non-hydrogen) atoms. The highest BCUT2D eigenvalue weighted by molar-refractivity contribution is 5.99. The molecule has 2 aromatic carbocycles. The number of rotatable bonds is 6. The third-order valence-corrected chi connectivity index (χ3v) is 3.62. The number of methoxy groups -OCH3 is 1. The lowest BCUT2D eigenvalue weighted by Crippen LogP contribution is -2.19. The van der Waals surface area contributed by atoms with E-state index in [1.54, 1.807) is 43.6 Å². The molecule has 7 heteroatoms. The average Bonchev–Trinajstić information content (AvgIpc) is 2.65. The van der Waals surface area contributed by atoms with E-state index in [0.717, 1.165) is 11.3 Å². The van der Waals surface area contributed by atoms with E-state index < -0.39 is 0 Å². The largest absolute Gasteiger partial charge is 0.424 e. The quantitative estimate of drug-likeness (QED) is 0.678. The van der Waals surface area contributed by atoms with E-state index in [9.17, 15) is 4.79 Å². The topological polar surface area (TPSA) is 85.4 Å². The Morgan fingerprint density at radius 2 is 1.59 bits per heavy atom. The number of ether oxygens (including phenoxy) is 2. The van der Waals surface area contributed by atoms with E-state index in [0.29, 0.717) is 23.7 Å². The number of carbonyl (C=O) groups is 1. The standard InChI is InChI=1S/C20H20N4O3/c1-14-11-12-21-20(22-14)27-18-9-7-17(8-10-18)24-19(25)23-16-5-3-15(4-6-16)13-26-2/h3-12H,13H2,1-2H3,(H2,23,24,25). The number of nitrogens with zero attached hydrogens (tertiary/aromatic N) is 2. The Hall–Kier alpha value is -3.45. The number of urea groups is 1. The summed E-state index contributed by atoms with van der Waals surface area (Å²) in [5, 5.41) is 5.55. The molecular weight excluding hydrogens is 344 g/mol. The van der Waals surface area contributed by atoms with Crippen LogP contribution < -0.4 is 15.4 Å². The van der Waals surface area contributed by atoms with Crippen molar-refractivity contribution in [1.82, 2.24) is 9.97 Å². The summed E-state index contributed by atoms with van der Waals surface area (Å²) in [5.41, 5.74) is 3.20. The van der Waals surface area contributed by atoms with E-state index >= 15 is 0 Å². The number of hydrogen-bond acceptors (Lipinski definition) is 5. The van der Waals surface area contributed by atoms with Crippen LogP contribution in [0.2, 0.25) is 0 Å². The lowest BCUT2D eigenvalue weighted by molar-refractivity contribution is 0.185. The molecule has 1 heterocycles. The Kier molecular flexibility index (Phi) is 5.96. The van der Waals surface area contributed by atoms with Gasteiger partial charge in [-0.2, -0.15) is 0 Å². The summed E-state index contributed by atoms with van der Waals surface area (Å²) in [5.74, 6) is 0.584. The van der Waals surface area contributed by atoms with Crippen molar-refractivity contribution < 1.29 is 14.3 Å². The highest BCUT2D eigenvalue weighted by Crippen LogP contribution is 2.20. The first-order valence-corrected chi connectivity index (χ1v) is 8.36. The molecule has 0 saturated heterocycles. The highest BCUT2D eigenvalue weighted by atomic mass is 16.5. The number of carbonyl (C=O) groups excluding carboxylic acids is 1. The second-order valence-corrected chi connectivity index (χ2v) is 5.82. The molecule has 0 bridgehead atoms. The van der Waals surface area contributed by atoms with Crippen molar-refractivity contribution in [2.24, 2.45) is 0 Å². The highest BCUT2D eigenvalue weighted by Gasteiger charge is 2.05. The summed E-state index contributed by atoms with van der Waals surface area (Å²) in [6.07, 6.45) is 1.64. The molecule has 0 aliphatic rings. The molecule has 0 aliphatic carbocycles. The van der Waals surface area contributed by atoms with Gasteiger partial charge in [-0.15, -0.1) is 0 Å². The van der Waals surface area contributed by atoms with Crippen LogP contribution in [0.5, 0.6) is 11.8 Å². The van der Waals surface area contributed by atoms with E-state index in [-0.39, 0.29) is 12.0 Å². The van der Waals surface area contributed by atoms with Crippen LogP contribution in [-0.4, -0.2) is 23.1 Å².